The molecular formula is C15H13F2NO2. The molecule has 104 valence electrons. The van der Waals surface area contributed by atoms with Crippen molar-refractivity contribution in [3.8, 4) is 23.8 Å². The number of fused-ring (bicyclic) bond motifs is 1. The number of hydrogen-bond donors (Lipinski definition) is 3. The molecule has 0 aliphatic heterocycles. The number of rotatable bonds is 1. The number of anilines is 1. The van der Waals surface area contributed by atoms with Crippen LogP contribution in [-0.2, 0) is 0 Å². The first-order chi connectivity index (χ1) is 9.31. The maximum Gasteiger partial charge on any atom is 0.189 e. The highest BCUT2D eigenvalue weighted by Gasteiger charge is 2.25. The summed E-state index contributed by atoms with van der Waals surface area (Å²) in [5.74, 6) is -2.31. The van der Waals surface area contributed by atoms with Crippen molar-refractivity contribution in [2.75, 3.05) is 5.73 Å². The Morgan fingerprint density at radius 2 is 1.75 bits per heavy atom. The Kier molecular flexibility index (Phi) is 3.18. The highest BCUT2D eigenvalue weighted by atomic mass is 19.1. The molecule has 2 aromatic carbocycles. The smallest absolute Gasteiger partial charge is 0.189 e. The van der Waals surface area contributed by atoms with Crippen LogP contribution in [0.2, 0.25) is 0 Å². The van der Waals surface area contributed by atoms with Gasteiger partial charge in [0.05, 0.1) is 16.6 Å². The van der Waals surface area contributed by atoms with Crippen LogP contribution in [0, 0.1) is 24.0 Å². The van der Waals surface area contributed by atoms with Crippen LogP contribution in [0.25, 0.3) is 10.8 Å². The van der Waals surface area contributed by atoms with Crippen molar-refractivity contribution < 1.29 is 19.0 Å². The summed E-state index contributed by atoms with van der Waals surface area (Å²) < 4.78 is 28.0. The van der Waals surface area contributed by atoms with E-state index in [1.165, 1.54) is 6.07 Å². The molecule has 0 saturated heterocycles. The summed E-state index contributed by atoms with van der Waals surface area (Å²) in [5, 5.41) is 19.1. The molecule has 2 aromatic rings. The molecule has 0 heterocycles. The SMILES string of the molecule is C#Cc1c(F)c(O)c(F)c2c(O)c(N)cc(C(C)C)c12. The molecule has 0 aliphatic carbocycles. The third-order valence-corrected chi connectivity index (χ3v) is 3.23. The third-order valence-electron chi connectivity index (χ3n) is 3.23. The molecular weight excluding hydrogens is 264 g/mol. The Labute approximate surface area is 114 Å². The highest BCUT2D eigenvalue weighted by molar-refractivity contribution is 6.00. The average Bonchev–Trinajstić information content (AvgIpc) is 2.40. The molecule has 20 heavy (non-hydrogen) atoms. The first-order valence-electron chi connectivity index (χ1n) is 5.92. The Hall–Kier alpha value is -2.48. The van der Waals surface area contributed by atoms with Crippen molar-refractivity contribution in [2.24, 2.45) is 0 Å². The fraction of sp³-hybridized carbons (Fsp3) is 0.200. The van der Waals surface area contributed by atoms with Gasteiger partial charge < -0.3 is 15.9 Å². The molecule has 0 bridgehead atoms. The standard InChI is InChI=1S/C15H13F2NO2/c1-4-7-10-8(6(2)3)5-9(18)14(19)11(10)13(17)15(20)12(7)16/h1,5-6,19-20H,18H2,2-3H3. The van der Waals surface area contributed by atoms with Crippen molar-refractivity contribution in [2.45, 2.75) is 19.8 Å². The van der Waals surface area contributed by atoms with Crippen LogP contribution in [0.1, 0.15) is 30.9 Å². The number of benzene rings is 2. The van der Waals surface area contributed by atoms with E-state index in [1.807, 2.05) is 0 Å². The van der Waals surface area contributed by atoms with Gasteiger partial charge in [-0.15, -0.1) is 6.42 Å². The Morgan fingerprint density at radius 1 is 1.15 bits per heavy atom. The van der Waals surface area contributed by atoms with Crippen LogP contribution >= 0.6 is 0 Å². The fourth-order valence-corrected chi connectivity index (χ4v) is 2.23. The number of nitrogen functional groups attached to an aromatic ring is 1. The molecule has 0 spiro atoms. The van der Waals surface area contributed by atoms with Gasteiger partial charge in [-0.2, -0.15) is 0 Å². The second-order valence-corrected chi connectivity index (χ2v) is 4.80. The van der Waals surface area contributed by atoms with Crippen LogP contribution in [0.3, 0.4) is 0 Å². The number of hydrogen-bond acceptors (Lipinski definition) is 3. The number of aromatic hydroxyl groups is 2. The summed E-state index contributed by atoms with van der Waals surface area (Å²) >= 11 is 0. The van der Waals surface area contributed by atoms with E-state index < -0.39 is 23.1 Å². The Balaban J connectivity index is 3.21. The lowest BCUT2D eigenvalue weighted by Crippen LogP contribution is -2.01. The van der Waals surface area contributed by atoms with E-state index in [2.05, 4.69) is 5.92 Å². The molecule has 3 nitrogen and oxygen atoms in total. The molecule has 0 radical (unpaired) electrons. The van der Waals surface area contributed by atoms with Crippen molar-refractivity contribution in [3.63, 3.8) is 0 Å². The maximum atomic E-state index is 14.1. The first kappa shape index (κ1) is 13.9. The summed E-state index contributed by atoms with van der Waals surface area (Å²) in [4.78, 5) is 0. The Bertz CT molecular complexity index is 761. The van der Waals surface area contributed by atoms with Gasteiger partial charge >= 0.3 is 0 Å². The molecule has 0 fully saturated rings. The lowest BCUT2D eigenvalue weighted by Gasteiger charge is -2.17. The van der Waals surface area contributed by atoms with Gasteiger partial charge in [0.25, 0.3) is 0 Å². The van der Waals surface area contributed by atoms with Gasteiger partial charge in [0.15, 0.2) is 17.4 Å². The summed E-state index contributed by atoms with van der Waals surface area (Å²) in [6.45, 7) is 3.60. The van der Waals surface area contributed by atoms with E-state index in [0.29, 0.717) is 5.56 Å². The predicted molar refractivity (Wildman–Crippen MR) is 73.6 cm³/mol. The summed E-state index contributed by atoms with van der Waals surface area (Å²) in [6.07, 6.45) is 5.26. The molecule has 4 N–H and O–H groups in total. The van der Waals surface area contributed by atoms with Gasteiger partial charge in [-0.25, -0.2) is 8.78 Å². The molecule has 0 aliphatic rings. The molecule has 2 rings (SSSR count). The molecule has 5 heteroatoms. The molecule has 0 atom stereocenters. The van der Waals surface area contributed by atoms with Gasteiger partial charge in [-0.3, -0.25) is 0 Å². The average molecular weight is 277 g/mol. The fourth-order valence-electron chi connectivity index (χ4n) is 2.23. The van der Waals surface area contributed by atoms with Gasteiger partial charge in [0, 0.05) is 5.39 Å². The van der Waals surface area contributed by atoms with Crippen LogP contribution in [-0.4, -0.2) is 10.2 Å². The van der Waals surface area contributed by atoms with E-state index in [4.69, 9.17) is 12.2 Å². The predicted octanol–water partition coefficient (Wildman–Crippen LogP) is 3.22. The van der Waals surface area contributed by atoms with Crippen LogP contribution < -0.4 is 5.73 Å². The lowest BCUT2D eigenvalue weighted by molar-refractivity contribution is 0.397. The van der Waals surface area contributed by atoms with Gasteiger partial charge in [-0.05, 0) is 17.5 Å². The molecule has 0 amide bonds. The highest BCUT2D eigenvalue weighted by Crippen LogP contribution is 2.43. The normalized spacial score (nSPS) is 11.0. The zero-order valence-electron chi connectivity index (χ0n) is 11.0. The number of terminal acetylenes is 1. The van der Waals surface area contributed by atoms with Crippen LogP contribution in [0.5, 0.6) is 11.5 Å². The minimum atomic E-state index is -1.27. The number of phenols is 2. The summed E-state index contributed by atoms with van der Waals surface area (Å²) in [6, 6.07) is 1.43. The van der Waals surface area contributed by atoms with E-state index in [9.17, 15) is 19.0 Å². The second kappa shape index (κ2) is 4.57. The van der Waals surface area contributed by atoms with Crippen molar-refractivity contribution in [1.29, 1.82) is 0 Å². The zero-order chi connectivity index (χ0) is 15.2. The molecule has 0 unspecified atom stereocenters. The largest absolute Gasteiger partial charge is 0.505 e. The number of nitrogens with two attached hydrogens (primary N) is 1. The number of halogens is 2. The van der Waals surface area contributed by atoms with E-state index in [0.717, 1.165) is 0 Å². The van der Waals surface area contributed by atoms with Crippen molar-refractivity contribution in [1.82, 2.24) is 0 Å². The van der Waals surface area contributed by atoms with Crippen molar-refractivity contribution in [3.05, 3.63) is 28.8 Å². The maximum absolute atomic E-state index is 14.1. The first-order valence-corrected chi connectivity index (χ1v) is 5.92. The van der Waals surface area contributed by atoms with E-state index in [1.54, 1.807) is 13.8 Å². The van der Waals surface area contributed by atoms with Gasteiger partial charge in [0.1, 0.15) is 5.75 Å². The Morgan fingerprint density at radius 3 is 2.25 bits per heavy atom. The van der Waals surface area contributed by atoms with Crippen molar-refractivity contribution >= 4 is 16.5 Å². The monoisotopic (exact) mass is 277 g/mol. The summed E-state index contributed by atoms with van der Waals surface area (Å²) in [7, 11) is 0. The van der Waals surface area contributed by atoms with E-state index in [-0.39, 0.29) is 27.9 Å². The summed E-state index contributed by atoms with van der Waals surface area (Å²) in [5.41, 5.74) is 5.78. The quantitative estimate of drug-likeness (QED) is 0.426. The third kappa shape index (κ3) is 1.73. The van der Waals surface area contributed by atoms with E-state index >= 15 is 0 Å². The van der Waals surface area contributed by atoms with Crippen LogP contribution in [0.15, 0.2) is 6.07 Å². The van der Waals surface area contributed by atoms with Gasteiger partial charge in [-0.1, -0.05) is 19.8 Å². The van der Waals surface area contributed by atoms with Gasteiger partial charge in [0.2, 0.25) is 0 Å². The molecule has 0 saturated carbocycles. The zero-order valence-corrected chi connectivity index (χ0v) is 11.0. The topological polar surface area (TPSA) is 66.5 Å². The minimum Gasteiger partial charge on any atom is -0.505 e. The second-order valence-electron chi connectivity index (χ2n) is 4.80. The van der Waals surface area contributed by atoms with Crippen LogP contribution in [0.4, 0.5) is 14.5 Å². The number of phenolic OH excluding ortho intramolecular Hbond substituents is 2. The minimum absolute atomic E-state index is 0.0574. The lowest BCUT2D eigenvalue weighted by atomic mass is 9.90. The molecule has 0 aromatic heterocycles.